The van der Waals surface area contributed by atoms with Crippen LogP contribution in [-0.2, 0) is 10.0 Å². The first-order valence-electron chi connectivity index (χ1n) is 6.92. The summed E-state index contributed by atoms with van der Waals surface area (Å²) in [7, 11) is -1.49. The number of aliphatic hydroxyl groups is 1. The van der Waals surface area contributed by atoms with Gasteiger partial charge in [0.1, 0.15) is 6.61 Å². The predicted octanol–water partition coefficient (Wildman–Crippen LogP) is 0.403. The fourth-order valence-electron chi connectivity index (χ4n) is 2.30. The molecular weight excluding hydrogens is 288 g/mol. The van der Waals surface area contributed by atoms with Crippen LogP contribution in [0.3, 0.4) is 0 Å². The summed E-state index contributed by atoms with van der Waals surface area (Å²) >= 11 is 0. The van der Waals surface area contributed by atoms with Crippen LogP contribution in [-0.4, -0.2) is 51.2 Å². The second-order valence-electron chi connectivity index (χ2n) is 5.19. The molecule has 2 rings (SSSR count). The lowest BCUT2D eigenvalue weighted by Crippen LogP contribution is -2.43. The minimum atomic E-state index is -3.52. The number of hydrogen-bond acceptors (Lipinski definition) is 4. The van der Waals surface area contributed by atoms with Crippen molar-refractivity contribution in [2.45, 2.75) is 23.8 Å². The molecule has 21 heavy (non-hydrogen) atoms. The Morgan fingerprint density at radius 1 is 1.38 bits per heavy atom. The van der Waals surface area contributed by atoms with Crippen LogP contribution in [0.15, 0.2) is 29.2 Å². The molecule has 0 amide bonds. The molecule has 1 heterocycles. The van der Waals surface area contributed by atoms with Gasteiger partial charge >= 0.3 is 0 Å². The van der Waals surface area contributed by atoms with Gasteiger partial charge in [0.2, 0.25) is 10.0 Å². The van der Waals surface area contributed by atoms with E-state index in [0.29, 0.717) is 5.56 Å². The SMILES string of the molecule is CN1CCC(NS(=O)(=O)c2cccc(C#CCO)c2)CC1. The van der Waals surface area contributed by atoms with Gasteiger partial charge in [0.05, 0.1) is 4.90 Å². The fraction of sp³-hybridized carbons (Fsp3) is 0.467. The van der Waals surface area contributed by atoms with Gasteiger partial charge in [-0.05, 0) is 51.2 Å². The Balaban J connectivity index is 2.12. The van der Waals surface area contributed by atoms with Crippen LogP contribution >= 0.6 is 0 Å². The molecule has 0 aromatic heterocycles. The molecule has 0 aliphatic carbocycles. The lowest BCUT2D eigenvalue weighted by Gasteiger charge is -2.29. The summed E-state index contributed by atoms with van der Waals surface area (Å²) in [5.41, 5.74) is 0.579. The third-order valence-corrected chi connectivity index (χ3v) is 5.01. The van der Waals surface area contributed by atoms with E-state index in [1.54, 1.807) is 18.2 Å². The van der Waals surface area contributed by atoms with Crippen molar-refractivity contribution < 1.29 is 13.5 Å². The maximum atomic E-state index is 12.4. The number of sulfonamides is 1. The monoisotopic (exact) mass is 308 g/mol. The van der Waals surface area contributed by atoms with Crippen molar-refractivity contribution >= 4 is 10.0 Å². The highest BCUT2D eigenvalue weighted by Gasteiger charge is 2.23. The Bertz CT molecular complexity index is 638. The summed E-state index contributed by atoms with van der Waals surface area (Å²) in [5, 5.41) is 8.69. The first kappa shape index (κ1) is 16.0. The standard InChI is InChI=1S/C15H20N2O3S/c1-17-9-7-14(8-10-17)16-21(19,20)15-6-2-4-13(12-15)5-3-11-18/h2,4,6,12,14,16,18H,7-11H2,1H3. The van der Waals surface area contributed by atoms with E-state index in [2.05, 4.69) is 21.5 Å². The molecule has 1 aromatic carbocycles. The molecule has 1 aliphatic heterocycles. The molecule has 0 radical (unpaired) electrons. The van der Waals surface area contributed by atoms with E-state index in [1.807, 2.05) is 7.05 Å². The second kappa shape index (κ2) is 7.05. The Hall–Kier alpha value is -1.39. The summed E-state index contributed by atoms with van der Waals surface area (Å²) in [6, 6.07) is 6.45. The van der Waals surface area contributed by atoms with E-state index in [0.717, 1.165) is 25.9 Å². The van der Waals surface area contributed by atoms with Crippen molar-refractivity contribution in [1.82, 2.24) is 9.62 Å². The zero-order valence-electron chi connectivity index (χ0n) is 12.0. The number of aliphatic hydroxyl groups excluding tert-OH is 1. The molecular formula is C15H20N2O3S. The number of hydrogen-bond donors (Lipinski definition) is 2. The Labute approximate surface area is 126 Å². The van der Waals surface area contributed by atoms with Crippen molar-refractivity contribution in [2.24, 2.45) is 0 Å². The van der Waals surface area contributed by atoms with E-state index in [9.17, 15) is 8.42 Å². The number of likely N-dealkylation sites (tertiary alicyclic amines) is 1. The van der Waals surface area contributed by atoms with Gasteiger partial charge in [0, 0.05) is 11.6 Å². The van der Waals surface area contributed by atoms with Gasteiger partial charge in [-0.3, -0.25) is 0 Å². The van der Waals surface area contributed by atoms with Gasteiger partial charge in [0.25, 0.3) is 0 Å². The van der Waals surface area contributed by atoms with E-state index in [4.69, 9.17) is 5.11 Å². The summed E-state index contributed by atoms with van der Waals surface area (Å²) < 4.78 is 27.5. The number of rotatable bonds is 3. The van der Waals surface area contributed by atoms with Crippen LogP contribution in [0.1, 0.15) is 18.4 Å². The average molecular weight is 308 g/mol. The Morgan fingerprint density at radius 3 is 2.76 bits per heavy atom. The fourth-order valence-corrected chi connectivity index (χ4v) is 3.65. The van der Waals surface area contributed by atoms with Gasteiger partial charge in [-0.1, -0.05) is 17.9 Å². The highest BCUT2D eigenvalue weighted by Crippen LogP contribution is 2.15. The Morgan fingerprint density at radius 2 is 2.10 bits per heavy atom. The first-order chi connectivity index (χ1) is 10.0. The molecule has 0 saturated carbocycles. The maximum absolute atomic E-state index is 12.4. The summed E-state index contributed by atoms with van der Waals surface area (Å²) in [6.07, 6.45) is 1.64. The van der Waals surface area contributed by atoms with Crippen molar-refractivity contribution in [3.8, 4) is 11.8 Å². The molecule has 1 aliphatic rings. The molecule has 1 fully saturated rings. The number of benzene rings is 1. The van der Waals surface area contributed by atoms with Crippen molar-refractivity contribution in [3.63, 3.8) is 0 Å². The second-order valence-corrected chi connectivity index (χ2v) is 6.90. The predicted molar refractivity (Wildman–Crippen MR) is 81.2 cm³/mol. The quantitative estimate of drug-likeness (QED) is 0.793. The molecule has 0 atom stereocenters. The Kier molecular flexibility index (Phi) is 5.37. The first-order valence-corrected chi connectivity index (χ1v) is 8.40. The minimum Gasteiger partial charge on any atom is -0.384 e. The molecule has 2 N–H and O–H groups in total. The maximum Gasteiger partial charge on any atom is 0.240 e. The van der Waals surface area contributed by atoms with Gasteiger partial charge < -0.3 is 10.0 Å². The van der Waals surface area contributed by atoms with Gasteiger partial charge in [-0.2, -0.15) is 0 Å². The zero-order chi connectivity index (χ0) is 15.3. The summed E-state index contributed by atoms with van der Waals surface area (Å²) in [4.78, 5) is 2.40. The van der Waals surface area contributed by atoms with E-state index in [-0.39, 0.29) is 17.5 Å². The molecule has 6 heteroatoms. The number of piperidine rings is 1. The minimum absolute atomic E-state index is 0.0154. The van der Waals surface area contributed by atoms with Crippen molar-refractivity contribution in [3.05, 3.63) is 29.8 Å². The van der Waals surface area contributed by atoms with Crippen LogP contribution in [0.5, 0.6) is 0 Å². The lowest BCUT2D eigenvalue weighted by molar-refractivity contribution is 0.248. The molecule has 0 unspecified atom stereocenters. The third kappa shape index (κ3) is 4.55. The van der Waals surface area contributed by atoms with Crippen LogP contribution in [0.4, 0.5) is 0 Å². The van der Waals surface area contributed by atoms with Crippen LogP contribution in [0.25, 0.3) is 0 Å². The van der Waals surface area contributed by atoms with Gasteiger partial charge in [0.15, 0.2) is 0 Å². The van der Waals surface area contributed by atoms with E-state index in [1.165, 1.54) is 6.07 Å². The molecule has 1 saturated heterocycles. The highest BCUT2D eigenvalue weighted by molar-refractivity contribution is 7.89. The average Bonchev–Trinajstić information content (AvgIpc) is 2.48. The largest absolute Gasteiger partial charge is 0.384 e. The molecule has 0 spiro atoms. The smallest absolute Gasteiger partial charge is 0.240 e. The molecule has 0 bridgehead atoms. The molecule has 114 valence electrons. The van der Waals surface area contributed by atoms with Crippen molar-refractivity contribution in [1.29, 1.82) is 0 Å². The number of nitrogens with one attached hydrogen (secondary N) is 1. The third-order valence-electron chi connectivity index (χ3n) is 3.50. The topological polar surface area (TPSA) is 69.6 Å². The van der Waals surface area contributed by atoms with Crippen molar-refractivity contribution in [2.75, 3.05) is 26.7 Å². The normalized spacial score (nSPS) is 17.2. The van der Waals surface area contributed by atoms with Crippen LogP contribution in [0, 0.1) is 11.8 Å². The zero-order valence-corrected chi connectivity index (χ0v) is 12.9. The van der Waals surface area contributed by atoms with E-state index >= 15 is 0 Å². The summed E-state index contributed by atoms with van der Waals surface area (Å²) in [6.45, 7) is 1.55. The van der Waals surface area contributed by atoms with E-state index < -0.39 is 10.0 Å². The number of nitrogens with zero attached hydrogens (tertiary/aromatic N) is 1. The lowest BCUT2D eigenvalue weighted by atomic mass is 10.1. The van der Waals surface area contributed by atoms with Gasteiger partial charge in [-0.25, -0.2) is 13.1 Å². The highest BCUT2D eigenvalue weighted by atomic mass is 32.2. The van der Waals surface area contributed by atoms with Gasteiger partial charge in [-0.15, -0.1) is 0 Å². The van der Waals surface area contributed by atoms with Crippen LogP contribution < -0.4 is 4.72 Å². The molecule has 1 aromatic rings. The summed E-state index contributed by atoms with van der Waals surface area (Å²) in [5.74, 6) is 5.23. The molecule has 5 nitrogen and oxygen atoms in total. The van der Waals surface area contributed by atoms with Crippen LogP contribution in [0.2, 0.25) is 0 Å².